The molecule has 3 aliphatic rings. The number of anilines is 3. The Kier molecular flexibility index (Phi) is 18.7. The van der Waals surface area contributed by atoms with E-state index in [0.717, 1.165) is 39.4 Å². The Morgan fingerprint density at radius 2 is 1.36 bits per heavy atom. The van der Waals surface area contributed by atoms with Crippen LogP contribution >= 0.6 is 0 Å². The van der Waals surface area contributed by atoms with Gasteiger partial charge in [0.2, 0.25) is 5.36 Å². The molecule has 2 heterocycles. The number of carboxylic acid groups (broad SMARTS) is 4. The van der Waals surface area contributed by atoms with Crippen molar-refractivity contribution in [1.82, 2.24) is 4.58 Å². The number of nitrogens with zero attached hydrogens (tertiary/aromatic N) is 4. The smallest absolute Gasteiger partial charge is 0.323 e. The Bertz CT molecular complexity index is 3280. The number of aryl methyl sites for hydroxylation is 2. The lowest BCUT2D eigenvalue weighted by atomic mass is 9.76. The van der Waals surface area contributed by atoms with E-state index in [4.69, 9.17) is 13.9 Å². The molecule has 3 aromatic carbocycles. The number of ether oxygens (including phenoxy) is 2. The molecule has 21 nitrogen and oxygen atoms in total. The zero-order valence-electron chi connectivity index (χ0n) is 42.3. The van der Waals surface area contributed by atoms with E-state index in [1.165, 1.54) is 30.3 Å². The van der Waals surface area contributed by atoms with Crippen molar-refractivity contribution in [2.45, 2.75) is 57.3 Å². The number of fused-ring (bicyclic) bond motifs is 2. The minimum Gasteiger partial charge on any atom is -0.488 e. The largest absolute Gasteiger partial charge is 0.488 e. The zero-order valence-corrected chi connectivity index (χ0v) is 43.9. The van der Waals surface area contributed by atoms with Crippen molar-refractivity contribution in [3.63, 3.8) is 0 Å². The quantitative estimate of drug-likeness (QED) is 0.0207. The summed E-state index contributed by atoms with van der Waals surface area (Å²) < 4.78 is 89.5. The molecule has 3 aromatic rings. The number of hydrogen-bond acceptors (Lipinski definition) is 14. The third kappa shape index (κ3) is 14.8. The topological polar surface area (TPSA) is 302 Å². The highest BCUT2D eigenvalue weighted by molar-refractivity contribution is 7.86. The average molecular weight is 1090 g/mol. The SMILES string of the molecule is CC[N+](CC)=c1ccc2c(C=CC=C3N(CCCS(=O)(=O)O)c4cc(S(=O)(=O)O)ccc4C3(C)CCc3ccc(N(CC(=O)O)CC(=O)O)c(OCCOc4ccccc4N(CC(=O)O)CC(=O)O)c3)cc(C)oc-2c1. The number of carboxylic acids is 4. The van der Waals surface area contributed by atoms with E-state index in [0.29, 0.717) is 34.0 Å². The van der Waals surface area contributed by atoms with Crippen LogP contribution in [0.4, 0.5) is 17.1 Å². The van der Waals surface area contributed by atoms with Gasteiger partial charge in [0.1, 0.15) is 75.5 Å². The molecule has 0 saturated heterocycles. The molecule has 76 heavy (non-hydrogen) atoms. The molecule has 23 heteroatoms. The first-order valence-electron chi connectivity index (χ1n) is 24.1. The highest BCUT2D eigenvalue weighted by atomic mass is 32.2. The van der Waals surface area contributed by atoms with Crippen molar-refractivity contribution in [3.05, 3.63) is 131 Å². The molecule has 0 amide bonds. The van der Waals surface area contributed by atoms with Crippen molar-refractivity contribution in [3.8, 4) is 22.8 Å². The summed E-state index contributed by atoms with van der Waals surface area (Å²) in [7, 11) is -9.12. The van der Waals surface area contributed by atoms with Gasteiger partial charge in [-0.05, 0) is 118 Å². The molecular formula is C53H61N4O17S2+. The van der Waals surface area contributed by atoms with Crippen LogP contribution in [0.25, 0.3) is 17.4 Å². The molecule has 0 saturated carbocycles. The monoisotopic (exact) mass is 1090 g/mol. The number of hydrogen-bond donors (Lipinski definition) is 6. The molecule has 0 spiro atoms. The van der Waals surface area contributed by atoms with Crippen LogP contribution in [0.2, 0.25) is 0 Å². The lowest BCUT2D eigenvalue weighted by Gasteiger charge is -2.31. The van der Waals surface area contributed by atoms with Crippen molar-refractivity contribution in [2.75, 3.05) is 79.5 Å². The van der Waals surface area contributed by atoms with E-state index < -0.39 is 86.4 Å². The van der Waals surface area contributed by atoms with Crippen LogP contribution in [0.15, 0.2) is 112 Å². The fourth-order valence-electron chi connectivity index (χ4n) is 9.34. The predicted octanol–water partition coefficient (Wildman–Crippen LogP) is 5.75. The van der Waals surface area contributed by atoms with Crippen LogP contribution < -0.4 is 34.1 Å². The highest BCUT2D eigenvalue weighted by Crippen LogP contribution is 2.51. The first-order valence-corrected chi connectivity index (χ1v) is 27.2. The fraction of sp³-hybridized carbons (Fsp3) is 0.340. The van der Waals surface area contributed by atoms with E-state index in [1.807, 2.05) is 56.3 Å². The maximum atomic E-state index is 12.6. The molecule has 1 aliphatic carbocycles. The second-order valence-electron chi connectivity index (χ2n) is 18.1. The third-order valence-electron chi connectivity index (χ3n) is 12.7. The first kappa shape index (κ1) is 57.5. The summed E-state index contributed by atoms with van der Waals surface area (Å²) in [6, 6.07) is 23.0. The van der Waals surface area contributed by atoms with Gasteiger partial charge in [0.25, 0.3) is 20.2 Å². The van der Waals surface area contributed by atoms with Crippen LogP contribution in [0, 0.1) is 6.92 Å². The van der Waals surface area contributed by atoms with Gasteiger partial charge in [0, 0.05) is 35.0 Å². The minimum absolute atomic E-state index is 0.00323. The number of carbonyl (C=O) groups is 4. The maximum Gasteiger partial charge on any atom is 0.323 e. The second kappa shape index (κ2) is 24.7. The Balaban J connectivity index is 1.40. The number of rotatable bonds is 27. The maximum absolute atomic E-state index is 12.6. The second-order valence-corrected chi connectivity index (χ2v) is 21.1. The van der Waals surface area contributed by atoms with Gasteiger partial charge in [-0.15, -0.1) is 0 Å². The third-order valence-corrected chi connectivity index (χ3v) is 14.4. The van der Waals surface area contributed by atoms with Crippen LogP contribution in [0.1, 0.15) is 56.1 Å². The normalized spacial score (nSPS) is 15.0. The molecule has 0 fully saturated rings. The summed E-state index contributed by atoms with van der Waals surface area (Å²) in [6.07, 6.45) is 6.03. The molecule has 6 rings (SSSR count). The van der Waals surface area contributed by atoms with E-state index in [9.17, 15) is 65.5 Å². The lowest BCUT2D eigenvalue weighted by Crippen LogP contribution is -2.35. The summed E-state index contributed by atoms with van der Waals surface area (Å²) in [5.74, 6) is -4.26. The Hall–Kier alpha value is -7.73. The zero-order chi connectivity index (χ0) is 55.5. The van der Waals surface area contributed by atoms with E-state index >= 15 is 0 Å². The number of benzene rings is 4. The van der Waals surface area contributed by atoms with Crippen molar-refractivity contribution >= 4 is 67.3 Å². The first-order chi connectivity index (χ1) is 35.9. The van der Waals surface area contributed by atoms with Gasteiger partial charge in [-0.25, -0.2) is 4.58 Å². The van der Waals surface area contributed by atoms with Crippen LogP contribution in [0.5, 0.6) is 11.5 Å². The van der Waals surface area contributed by atoms with E-state index in [2.05, 4.69) is 18.4 Å². The van der Waals surface area contributed by atoms with Gasteiger partial charge in [0.15, 0.2) is 0 Å². The number of allylic oxidation sites excluding steroid dienone is 3. The van der Waals surface area contributed by atoms with E-state index in [1.54, 1.807) is 35.2 Å². The van der Waals surface area contributed by atoms with Gasteiger partial charge in [-0.2, -0.15) is 16.8 Å². The van der Waals surface area contributed by atoms with Gasteiger partial charge in [-0.1, -0.05) is 36.4 Å². The van der Waals surface area contributed by atoms with Crippen LogP contribution in [-0.4, -0.2) is 135 Å². The molecule has 6 N–H and O–H groups in total. The molecule has 0 bridgehead atoms. The molecular weight excluding hydrogens is 1030 g/mol. The van der Waals surface area contributed by atoms with E-state index in [-0.39, 0.29) is 61.9 Å². The van der Waals surface area contributed by atoms with Gasteiger partial charge >= 0.3 is 23.9 Å². The van der Waals surface area contributed by atoms with Crippen LogP contribution in [-0.2, 0) is 51.3 Å². The summed E-state index contributed by atoms with van der Waals surface area (Å²) in [6.45, 7) is 6.38. The molecule has 1 atom stereocenters. The molecule has 2 aliphatic heterocycles. The molecule has 0 aromatic heterocycles. The molecule has 406 valence electrons. The summed E-state index contributed by atoms with van der Waals surface area (Å²) in [4.78, 5) is 50.8. The summed E-state index contributed by atoms with van der Waals surface area (Å²) in [5.41, 5.74) is 3.21. The molecule has 0 radical (unpaired) electrons. The Morgan fingerprint density at radius 1 is 0.750 bits per heavy atom. The fourth-order valence-corrected chi connectivity index (χ4v) is 10.3. The van der Waals surface area contributed by atoms with Gasteiger partial charge < -0.3 is 49.0 Å². The summed E-state index contributed by atoms with van der Waals surface area (Å²) in [5, 5.41) is 39.5. The highest BCUT2D eigenvalue weighted by Gasteiger charge is 2.43. The number of para-hydroxylation sites is 2. The molecule has 1 unspecified atom stereocenters. The predicted molar refractivity (Wildman–Crippen MR) is 283 cm³/mol. The van der Waals surface area contributed by atoms with Crippen molar-refractivity contribution in [2.24, 2.45) is 0 Å². The lowest BCUT2D eigenvalue weighted by molar-refractivity contribution is -0.138. The Morgan fingerprint density at radius 3 is 1.95 bits per heavy atom. The van der Waals surface area contributed by atoms with Crippen molar-refractivity contribution in [1.29, 1.82) is 0 Å². The average Bonchev–Trinajstić information content (AvgIpc) is 3.56. The number of aliphatic carboxylic acids is 4. The van der Waals surface area contributed by atoms with Crippen LogP contribution in [0.3, 0.4) is 0 Å². The standard InChI is InChI=1S/C53H60N4O17S2/c1-5-54(6-2)38-16-18-40-37(27-35(3)74-46(40)29-38)11-9-14-48-53(4,41-19-17-39(76(69,70)71)30-44(41)57(48)23-10-26-75(66,67)68)22-21-36-15-20-43(56(33-51(62)63)34-52(64)65)47(28-36)73-25-24-72-45-13-8-7-12-42(45)55(31-49(58)59)32-50(60)61/h7-9,11-20,27-30H,5-6,10,21-26,31-34H2,1-4H3,(H5-,58,59,60,61,62,63,64,65,66,67,68,69,70,71)/p+1. The minimum atomic E-state index is -4.72. The van der Waals surface area contributed by atoms with Crippen molar-refractivity contribution < 1.29 is 79.4 Å². The Labute approximate surface area is 439 Å². The van der Waals surface area contributed by atoms with Gasteiger partial charge in [-0.3, -0.25) is 28.3 Å². The van der Waals surface area contributed by atoms with Gasteiger partial charge in [0.05, 0.1) is 28.1 Å². The summed E-state index contributed by atoms with van der Waals surface area (Å²) >= 11 is 0.